The van der Waals surface area contributed by atoms with E-state index < -0.39 is 0 Å². The van der Waals surface area contributed by atoms with E-state index in [1.807, 2.05) is 18.2 Å². The van der Waals surface area contributed by atoms with Gasteiger partial charge in [-0.25, -0.2) is 9.78 Å². The smallest absolute Gasteiger partial charge is 0.349 e. The topological polar surface area (TPSA) is 51.2 Å². The average molecular weight is 392 g/mol. The van der Waals surface area contributed by atoms with Crippen molar-refractivity contribution >= 4 is 60.0 Å². The quantitative estimate of drug-likeness (QED) is 0.796. The molecule has 0 unspecified atom stereocenters. The molecule has 0 saturated carbocycles. The zero-order valence-electron chi connectivity index (χ0n) is 9.24. The van der Waals surface area contributed by atoms with Gasteiger partial charge in [0, 0.05) is 8.95 Å². The van der Waals surface area contributed by atoms with Crippen molar-refractivity contribution < 1.29 is 9.53 Å². The van der Waals surface area contributed by atoms with Gasteiger partial charge in [0.25, 0.3) is 0 Å². The largest absolute Gasteiger partial charge is 0.465 e. The third-order valence-electron chi connectivity index (χ3n) is 2.07. The average Bonchev–Trinajstić information content (AvgIpc) is 2.80. The number of rotatable bonds is 3. The summed E-state index contributed by atoms with van der Waals surface area (Å²) in [6.07, 6.45) is 1.49. The van der Waals surface area contributed by atoms with Crippen LogP contribution in [0.3, 0.4) is 0 Å². The molecule has 0 spiro atoms. The minimum atomic E-state index is -0.379. The molecule has 0 saturated heterocycles. The minimum Gasteiger partial charge on any atom is -0.465 e. The summed E-state index contributed by atoms with van der Waals surface area (Å²) >= 11 is 8.07. The van der Waals surface area contributed by atoms with E-state index in [4.69, 9.17) is 0 Å². The lowest BCUT2D eigenvalue weighted by Gasteiger charge is -2.05. The van der Waals surface area contributed by atoms with Crippen molar-refractivity contribution in [2.45, 2.75) is 0 Å². The van der Waals surface area contributed by atoms with Crippen molar-refractivity contribution in [3.63, 3.8) is 0 Å². The molecule has 1 aromatic carbocycles. The van der Waals surface area contributed by atoms with E-state index in [0.717, 1.165) is 14.6 Å². The minimum absolute atomic E-state index is 0.379. The number of nitrogens with one attached hydrogen (secondary N) is 1. The Kier molecular flexibility index (Phi) is 4.36. The highest BCUT2D eigenvalue weighted by Gasteiger charge is 2.11. The second-order valence-electron chi connectivity index (χ2n) is 3.27. The number of carbonyl (C=O) groups excluding carboxylic acids is 1. The van der Waals surface area contributed by atoms with Crippen LogP contribution < -0.4 is 5.32 Å². The Bertz CT molecular complexity index is 586. The van der Waals surface area contributed by atoms with Gasteiger partial charge in [0.1, 0.15) is 4.88 Å². The van der Waals surface area contributed by atoms with Crippen LogP contribution in [0.1, 0.15) is 9.67 Å². The van der Waals surface area contributed by atoms with Gasteiger partial charge in [-0.15, -0.1) is 0 Å². The Morgan fingerprint density at radius 1 is 1.44 bits per heavy atom. The molecule has 0 amide bonds. The van der Waals surface area contributed by atoms with Gasteiger partial charge >= 0.3 is 5.97 Å². The maximum absolute atomic E-state index is 11.3. The molecule has 4 nitrogen and oxygen atoms in total. The van der Waals surface area contributed by atoms with Gasteiger partial charge in [-0.05, 0) is 34.1 Å². The SMILES string of the molecule is COC(=O)c1cnc(Nc2ccc(Br)cc2Br)s1. The van der Waals surface area contributed by atoms with Crippen LogP contribution in [-0.4, -0.2) is 18.1 Å². The Balaban J connectivity index is 2.18. The molecule has 1 aromatic heterocycles. The molecule has 0 aliphatic carbocycles. The number of hydrogen-bond acceptors (Lipinski definition) is 5. The van der Waals surface area contributed by atoms with E-state index in [9.17, 15) is 4.79 Å². The number of hydrogen-bond donors (Lipinski definition) is 1. The van der Waals surface area contributed by atoms with Crippen molar-refractivity contribution in [1.82, 2.24) is 4.98 Å². The van der Waals surface area contributed by atoms with Gasteiger partial charge in [-0.3, -0.25) is 0 Å². The molecule has 0 atom stereocenters. The lowest BCUT2D eigenvalue weighted by atomic mass is 10.3. The van der Waals surface area contributed by atoms with Gasteiger partial charge < -0.3 is 10.1 Å². The van der Waals surface area contributed by atoms with Crippen LogP contribution in [0, 0.1) is 0 Å². The normalized spacial score (nSPS) is 10.2. The fraction of sp³-hybridized carbons (Fsp3) is 0.0909. The summed E-state index contributed by atoms with van der Waals surface area (Å²) < 4.78 is 6.52. The molecule has 0 bridgehead atoms. The number of benzene rings is 1. The van der Waals surface area contributed by atoms with E-state index >= 15 is 0 Å². The molecule has 94 valence electrons. The summed E-state index contributed by atoms with van der Waals surface area (Å²) in [7, 11) is 1.35. The molecule has 1 N–H and O–H groups in total. The summed E-state index contributed by atoms with van der Waals surface area (Å²) in [4.78, 5) is 15.9. The Morgan fingerprint density at radius 2 is 2.22 bits per heavy atom. The number of anilines is 2. The van der Waals surface area contributed by atoms with Crippen LogP contribution in [0.5, 0.6) is 0 Å². The highest BCUT2D eigenvalue weighted by atomic mass is 79.9. The van der Waals surface area contributed by atoms with E-state index in [-0.39, 0.29) is 5.97 Å². The lowest BCUT2D eigenvalue weighted by Crippen LogP contribution is -1.96. The number of ether oxygens (including phenoxy) is 1. The first-order valence-electron chi connectivity index (χ1n) is 4.86. The van der Waals surface area contributed by atoms with Crippen molar-refractivity contribution in [3.05, 3.63) is 38.2 Å². The van der Waals surface area contributed by atoms with Crippen LogP contribution in [0.2, 0.25) is 0 Å². The number of thiazole rings is 1. The summed E-state index contributed by atoms with van der Waals surface area (Å²) in [5.74, 6) is -0.379. The van der Waals surface area contributed by atoms with Crippen LogP contribution in [0.25, 0.3) is 0 Å². The molecule has 0 radical (unpaired) electrons. The summed E-state index contributed by atoms with van der Waals surface area (Å²) in [5, 5.41) is 3.77. The van der Waals surface area contributed by atoms with Gasteiger partial charge in [0.05, 0.1) is 19.0 Å². The monoisotopic (exact) mass is 390 g/mol. The van der Waals surface area contributed by atoms with Crippen molar-refractivity contribution in [3.8, 4) is 0 Å². The first-order chi connectivity index (χ1) is 8.60. The van der Waals surface area contributed by atoms with E-state index in [2.05, 4.69) is 46.9 Å². The Hall–Kier alpha value is -0.920. The van der Waals surface area contributed by atoms with E-state index in [1.165, 1.54) is 24.6 Å². The standard InChI is InChI=1S/C11H8Br2N2O2S/c1-17-10(16)9-5-14-11(18-9)15-8-3-2-6(12)4-7(8)13/h2-5H,1H3,(H,14,15). The predicted molar refractivity (Wildman–Crippen MR) is 78.6 cm³/mol. The maximum Gasteiger partial charge on any atom is 0.349 e. The molecule has 2 rings (SSSR count). The van der Waals surface area contributed by atoms with Crippen LogP contribution in [0.4, 0.5) is 10.8 Å². The Morgan fingerprint density at radius 3 is 2.89 bits per heavy atom. The number of aromatic nitrogens is 1. The van der Waals surface area contributed by atoms with Crippen molar-refractivity contribution in [1.29, 1.82) is 0 Å². The van der Waals surface area contributed by atoms with Gasteiger partial charge in [-0.1, -0.05) is 27.3 Å². The zero-order valence-corrected chi connectivity index (χ0v) is 13.2. The number of halogens is 2. The molecular weight excluding hydrogens is 384 g/mol. The van der Waals surface area contributed by atoms with E-state index in [0.29, 0.717) is 10.0 Å². The van der Waals surface area contributed by atoms with Crippen LogP contribution in [0.15, 0.2) is 33.3 Å². The molecule has 1 heterocycles. The highest BCUT2D eigenvalue weighted by molar-refractivity contribution is 9.11. The number of esters is 1. The van der Waals surface area contributed by atoms with Crippen LogP contribution >= 0.6 is 43.2 Å². The second-order valence-corrected chi connectivity index (χ2v) is 6.07. The lowest BCUT2D eigenvalue weighted by molar-refractivity contribution is 0.0606. The zero-order chi connectivity index (χ0) is 13.1. The molecule has 7 heteroatoms. The Labute approximate surface area is 125 Å². The van der Waals surface area contributed by atoms with Crippen LogP contribution in [-0.2, 0) is 4.74 Å². The van der Waals surface area contributed by atoms with Crippen molar-refractivity contribution in [2.24, 2.45) is 0 Å². The summed E-state index contributed by atoms with van der Waals surface area (Å²) in [6.45, 7) is 0. The fourth-order valence-corrected chi connectivity index (χ4v) is 3.13. The van der Waals surface area contributed by atoms with E-state index in [1.54, 1.807) is 0 Å². The number of methoxy groups -OCH3 is 1. The predicted octanol–water partition coefficient (Wildman–Crippen LogP) is 4.20. The third-order valence-corrected chi connectivity index (χ3v) is 4.11. The molecule has 18 heavy (non-hydrogen) atoms. The fourth-order valence-electron chi connectivity index (χ4n) is 1.23. The number of carbonyl (C=O) groups is 1. The highest BCUT2D eigenvalue weighted by Crippen LogP contribution is 2.30. The summed E-state index contributed by atoms with van der Waals surface area (Å²) in [5.41, 5.74) is 0.879. The van der Waals surface area contributed by atoms with Gasteiger partial charge in [0.2, 0.25) is 0 Å². The molecule has 2 aromatic rings. The summed E-state index contributed by atoms with van der Waals surface area (Å²) in [6, 6.07) is 5.76. The maximum atomic E-state index is 11.3. The van der Waals surface area contributed by atoms with Crippen molar-refractivity contribution in [2.75, 3.05) is 12.4 Å². The first-order valence-corrected chi connectivity index (χ1v) is 7.26. The van der Waals surface area contributed by atoms with Gasteiger partial charge in [0.15, 0.2) is 5.13 Å². The number of nitrogens with zero attached hydrogens (tertiary/aromatic N) is 1. The first kappa shape index (κ1) is 13.5. The molecular formula is C11H8Br2N2O2S. The third kappa shape index (κ3) is 3.09. The molecule has 0 aliphatic rings. The second kappa shape index (κ2) is 5.81. The molecule has 0 fully saturated rings. The van der Waals surface area contributed by atoms with Gasteiger partial charge in [-0.2, -0.15) is 0 Å². The molecule has 0 aliphatic heterocycles.